The van der Waals surface area contributed by atoms with Crippen molar-refractivity contribution in [3.63, 3.8) is 0 Å². The number of hydrogen-bond acceptors (Lipinski definition) is 2. The molecule has 0 rings (SSSR count). The molecule has 2 unspecified atom stereocenters. The Bertz CT molecular complexity index is 178. The second kappa shape index (κ2) is 8.14. The van der Waals surface area contributed by atoms with Gasteiger partial charge in [-0.1, -0.05) is 6.92 Å². The smallest absolute Gasteiger partial charge is 0.372 e. The summed E-state index contributed by atoms with van der Waals surface area (Å²) in [5, 5.41) is 3.19. The number of nitrogens with one attached hydrogen (secondary N) is 1. The van der Waals surface area contributed by atoms with Crippen LogP contribution < -0.4 is 5.32 Å². The van der Waals surface area contributed by atoms with Crippen molar-refractivity contribution >= 4 is 11.6 Å². The van der Waals surface area contributed by atoms with Crippen LogP contribution in [0.15, 0.2) is 0 Å². The van der Waals surface area contributed by atoms with Crippen molar-refractivity contribution in [2.45, 2.75) is 32.5 Å². The second-order valence-corrected chi connectivity index (χ2v) is 4.20. The van der Waals surface area contributed by atoms with Crippen molar-refractivity contribution in [2.24, 2.45) is 5.92 Å². The van der Waals surface area contributed by atoms with Crippen LogP contribution in [0.3, 0.4) is 0 Å². The summed E-state index contributed by atoms with van der Waals surface area (Å²) >= 11 is 5.67. The molecule has 0 aliphatic carbocycles. The van der Waals surface area contributed by atoms with Crippen molar-refractivity contribution in [1.82, 2.24) is 5.32 Å². The van der Waals surface area contributed by atoms with E-state index < -0.39 is 12.8 Å². The number of hydrogen-bond donors (Lipinski definition) is 1. The predicted octanol–water partition coefficient (Wildman–Crippen LogP) is 2.81. The average Bonchev–Trinajstić information content (AvgIpc) is 2.20. The molecule has 0 aliphatic rings. The Labute approximate surface area is 99.5 Å². The van der Waals surface area contributed by atoms with Gasteiger partial charge in [-0.05, 0) is 25.8 Å². The maximum Gasteiger partial charge on any atom is 0.411 e. The fraction of sp³-hybridized carbons (Fsp3) is 1.00. The first-order chi connectivity index (χ1) is 7.37. The lowest BCUT2D eigenvalue weighted by Gasteiger charge is -2.19. The Morgan fingerprint density at radius 2 is 1.94 bits per heavy atom. The summed E-state index contributed by atoms with van der Waals surface area (Å²) in [4.78, 5) is 0. The summed E-state index contributed by atoms with van der Waals surface area (Å²) in [6.07, 6.45) is -3.66. The Morgan fingerprint density at radius 1 is 1.31 bits per heavy atom. The maximum absolute atomic E-state index is 11.7. The van der Waals surface area contributed by atoms with Crippen molar-refractivity contribution in [3.05, 3.63) is 0 Å². The fourth-order valence-corrected chi connectivity index (χ4v) is 1.29. The lowest BCUT2D eigenvalue weighted by Crippen LogP contribution is -2.34. The standard InChI is InChI=1S/C10H19ClF3NO/c1-8(6-11)9(2)15-4-3-5-16-7-10(12,13)14/h8-9,15H,3-7H2,1-2H3. The molecule has 0 bridgehead atoms. The zero-order valence-corrected chi connectivity index (χ0v) is 10.4. The summed E-state index contributed by atoms with van der Waals surface area (Å²) < 4.78 is 39.5. The van der Waals surface area contributed by atoms with E-state index in [4.69, 9.17) is 11.6 Å². The minimum atomic E-state index is -4.23. The van der Waals surface area contributed by atoms with Gasteiger partial charge in [0.1, 0.15) is 6.61 Å². The number of ether oxygens (including phenoxy) is 1. The Kier molecular flexibility index (Phi) is 8.14. The van der Waals surface area contributed by atoms with Crippen LogP contribution in [-0.2, 0) is 4.74 Å². The lowest BCUT2D eigenvalue weighted by molar-refractivity contribution is -0.173. The molecular formula is C10H19ClF3NO. The van der Waals surface area contributed by atoms with Crippen LogP contribution in [0.2, 0.25) is 0 Å². The van der Waals surface area contributed by atoms with Crippen LogP contribution in [0.25, 0.3) is 0 Å². The van der Waals surface area contributed by atoms with E-state index in [1.807, 2.05) is 13.8 Å². The molecule has 0 saturated carbocycles. The molecule has 2 nitrogen and oxygen atoms in total. The number of rotatable bonds is 8. The zero-order chi connectivity index (χ0) is 12.6. The molecule has 0 heterocycles. The molecule has 0 radical (unpaired) electrons. The second-order valence-electron chi connectivity index (χ2n) is 3.90. The topological polar surface area (TPSA) is 21.3 Å². The quantitative estimate of drug-likeness (QED) is 0.536. The van der Waals surface area contributed by atoms with Crippen LogP contribution in [0.1, 0.15) is 20.3 Å². The molecule has 2 atom stereocenters. The number of halogens is 4. The molecule has 0 aromatic heterocycles. The van der Waals surface area contributed by atoms with Gasteiger partial charge in [0.25, 0.3) is 0 Å². The Balaban J connectivity index is 3.34. The molecule has 0 amide bonds. The minimum Gasteiger partial charge on any atom is -0.372 e. The molecule has 0 aromatic rings. The van der Waals surface area contributed by atoms with Gasteiger partial charge in [-0.3, -0.25) is 0 Å². The molecule has 0 saturated heterocycles. The third-order valence-corrected chi connectivity index (χ3v) is 2.78. The molecule has 6 heteroatoms. The van der Waals surface area contributed by atoms with Gasteiger partial charge in [0.2, 0.25) is 0 Å². The first kappa shape index (κ1) is 16.0. The van der Waals surface area contributed by atoms with Gasteiger partial charge in [-0.25, -0.2) is 0 Å². The highest BCUT2D eigenvalue weighted by Crippen LogP contribution is 2.14. The van der Waals surface area contributed by atoms with Crippen LogP contribution in [-0.4, -0.2) is 37.9 Å². The first-order valence-corrected chi connectivity index (χ1v) is 5.84. The van der Waals surface area contributed by atoms with Crippen LogP contribution in [0.5, 0.6) is 0 Å². The van der Waals surface area contributed by atoms with Gasteiger partial charge in [-0.15, -0.1) is 11.6 Å². The highest BCUT2D eigenvalue weighted by molar-refractivity contribution is 6.18. The predicted molar refractivity (Wildman–Crippen MR) is 58.8 cm³/mol. The van der Waals surface area contributed by atoms with E-state index in [0.29, 0.717) is 24.8 Å². The van der Waals surface area contributed by atoms with Gasteiger partial charge in [0.05, 0.1) is 0 Å². The summed E-state index contributed by atoms with van der Waals surface area (Å²) in [6, 6.07) is 0.264. The van der Waals surface area contributed by atoms with Crippen molar-refractivity contribution in [2.75, 3.05) is 25.6 Å². The zero-order valence-electron chi connectivity index (χ0n) is 9.61. The molecule has 98 valence electrons. The van der Waals surface area contributed by atoms with Crippen molar-refractivity contribution in [3.8, 4) is 0 Å². The molecule has 0 fully saturated rings. The van der Waals surface area contributed by atoms with Crippen molar-refractivity contribution in [1.29, 1.82) is 0 Å². The van der Waals surface area contributed by atoms with E-state index in [-0.39, 0.29) is 12.6 Å². The molecule has 0 aromatic carbocycles. The van der Waals surface area contributed by atoms with Crippen LogP contribution in [0, 0.1) is 5.92 Å². The lowest BCUT2D eigenvalue weighted by atomic mass is 10.1. The maximum atomic E-state index is 11.7. The molecule has 0 aliphatic heterocycles. The van der Waals surface area contributed by atoms with Gasteiger partial charge in [0.15, 0.2) is 0 Å². The normalized spacial score (nSPS) is 16.1. The van der Waals surface area contributed by atoms with Crippen LogP contribution >= 0.6 is 11.6 Å². The van der Waals surface area contributed by atoms with Crippen LogP contribution in [0.4, 0.5) is 13.2 Å². The molecule has 16 heavy (non-hydrogen) atoms. The van der Waals surface area contributed by atoms with Gasteiger partial charge >= 0.3 is 6.18 Å². The summed E-state index contributed by atoms with van der Waals surface area (Å²) in [7, 11) is 0. The van der Waals surface area contributed by atoms with E-state index >= 15 is 0 Å². The van der Waals surface area contributed by atoms with Gasteiger partial charge in [-0.2, -0.15) is 13.2 Å². The van der Waals surface area contributed by atoms with E-state index in [1.54, 1.807) is 0 Å². The Morgan fingerprint density at radius 3 is 2.44 bits per heavy atom. The largest absolute Gasteiger partial charge is 0.411 e. The monoisotopic (exact) mass is 261 g/mol. The van der Waals surface area contributed by atoms with E-state index in [9.17, 15) is 13.2 Å². The van der Waals surface area contributed by atoms with E-state index in [2.05, 4.69) is 10.1 Å². The molecular weight excluding hydrogens is 243 g/mol. The highest BCUT2D eigenvalue weighted by atomic mass is 35.5. The SMILES string of the molecule is CC(CCl)C(C)NCCCOCC(F)(F)F. The first-order valence-electron chi connectivity index (χ1n) is 5.30. The fourth-order valence-electron chi connectivity index (χ4n) is 1.03. The summed E-state index contributed by atoms with van der Waals surface area (Å²) in [5.41, 5.74) is 0. The third kappa shape index (κ3) is 9.24. The summed E-state index contributed by atoms with van der Waals surface area (Å²) in [6.45, 7) is 3.61. The number of alkyl halides is 4. The molecule has 1 N–H and O–H groups in total. The summed E-state index contributed by atoms with van der Waals surface area (Å²) in [5.74, 6) is 0.913. The van der Waals surface area contributed by atoms with Crippen molar-refractivity contribution < 1.29 is 17.9 Å². The average molecular weight is 262 g/mol. The molecule has 0 spiro atoms. The van der Waals surface area contributed by atoms with E-state index in [0.717, 1.165) is 0 Å². The Hall–Kier alpha value is -0.0000000000000000555. The van der Waals surface area contributed by atoms with Gasteiger partial charge < -0.3 is 10.1 Å². The van der Waals surface area contributed by atoms with Gasteiger partial charge in [0, 0.05) is 18.5 Å². The van der Waals surface area contributed by atoms with E-state index in [1.165, 1.54) is 0 Å². The third-order valence-electron chi connectivity index (χ3n) is 2.29. The minimum absolute atomic E-state index is 0.120. The highest BCUT2D eigenvalue weighted by Gasteiger charge is 2.27.